The molecule has 188 valence electrons. The van der Waals surface area contributed by atoms with Gasteiger partial charge in [-0.25, -0.2) is 4.79 Å². The van der Waals surface area contributed by atoms with E-state index in [0.717, 1.165) is 79.0 Å². The van der Waals surface area contributed by atoms with E-state index in [0.29, 0.717) is 24.4 Å². The molecule has 0 spiro atoms. The van der Waals surface area contributed by atoms with Crippen LogP contribution in [-0.4, -0.2) is 19.2 Å². The third-order valence-electron chi connectivity index (χ3n) is 6.14. The van der Waals surface area contributed by atoms with Crippen LogP contribution in [0.5, 0.6) is 5.75 Å². The first kappa shape index (κ1) is 26.6. The molecule has 35 heavy (non-hydrogen) atoms. The highest BCUT2D eigenvalue weighted by molar-refractivity contribution is 5.87. The van der Waals surface area contributed by atoms with E-state index in [-0.39, 0.29) is 5.97 Å². The number of aryl methyl sites for hydroxylation is 2. The zero-order valence-corrected chi connectivity index (χ0v) is 20.5. The molecule has 0 saturated carbocycles. The fourth-order valence-electron chi connectivity index (χ4n) is 4.15. The monoisotopic (exact) mass is 486 g/mol. The Balaban J connectivity index is 1.55. The maximum atomic E-state index is 13.2. The van der Waals surface area contributed by atoms with Gasteiger partial charge in [-0.05, 0) is 111 Å². The van der Waals surface area contributed by atoms with Gasteiger partial charge in [0.25, 0.3) is 0 Å². The molecule has 3 nitrogen and oxygen atoms in total. The van der Waals surface area contributed by atoms with E-state index < -0.39 is 11.7 Å². The van der Waals surface area contributed by atoms with Crippen molar-refractivity contribution in [3.05, 3.63) is 76.4 Å². The molecular formula is C29H33F3O3. The number of fused-ring (bicyclic) bond motifs is 1. The minimum atomic E-state index is -4.35. The number of carbonyl (C=O) groups is 1. The van der Waals surface area contributed by atoms with Gasteiger partial charge in [-0.3, -0.25) is 0 Å². The molecule has 0 N–H and O–H groups in total. The van der Waals surface area contributed by atoms with Crippen LogP contribution in [0.3, 0.4) is 0 Å². The van der Waals surface area contributed by atoms with E-state index >= 15 is 0 Å². The number of rotatable bonds is 10. The van der Waals surface area contributed by atoms with E-state index in [4.69, 9.17) is 9.47 Å². The summed E-state index contributed by atoms with van der Waals surface area (Å²) in [5.41, 5.74) is 4.45. The fraction of sp³-hybridized carbons (Fsp3) is 0.414. The lowest BCUT2D eigenvalue weighted by Crippen LogP contribution is -2.06. The van der Waals surface area contributed by atoms with E-state index in [2.05, 4.69) is 6.58 Å². The van der Waals surface area contributed by atoms with Gasteiger partial charge in [0.1, 0.15) is 5.75 Å². The SMILES string of the molecule is C=C(C)C(=O)OCCCCCCOc1ccc2c(c1)CCCC(c1cc(C(F)(F)F)ccc1C)=C2. The van der Waals surface area contributed by atoms with Crippen molar-refractivity contribution >= 4 is 17.6 Å². The van der Waals surface area contributed by atoms with Gasteiger partial charge in [0.15, 0.2) is 0 Å². The number of hydrogen-bond acceptors (Lipinski definition) is 3. The van der Waals surface area contributed by atoms with Gasteiger partial charge in [-0.15, -0.1) is 0 Å². The standard InChI is InChI=1S/C29H33F3O3/c1-20(2)28(33)35-16-7-5-4-6-15-34-26-14-12-23-17-24(10-8-9-22(23)18-26)27-19-25(29(30,31)32)13-11-21(27)3/h11-14,17-19H,1,4-10,15-16H2,2-3H3. The summed E-state index contributed by atoms with van der Waals surface area (Å²) in [4.78, 5) is 11.3. The Morgan fingerprint density at radius 2 is 1.74 bits per heavy atom. The van der Waals surface area contributed by atoms with E-state index in [1.807, 2.05) is 31.2 Å². The maximum Gasteiger partial charge on any atom is 0.416 e. The van der Waals surface area contributed by atoms with Crippen LogP contribution in [0.15, 0.2) is 48.6 Å². The van der Waals surface area contributed by atoms with Crippen molar-refractivity contribution < 1.29 is 27.4 Å². The minimum absolute atomic E-state index is 0.344. The largest absolute Gasteiger partial charge is 0.494 e. The summed E-state index contributed by atoms with van der Waals surface area (Å²) in [5, 5.41) is 0. The van der Waals surface area contributed by atoms with Gasteiger partial charge in [0, 0.05) is 5.57 Å². The number of alkyl halides is 3. The lowest BCUT2D eigenvalue weighted by molar-refractivity contribution is -0.139. The smallest absolute Gasteiger partial charge is 0.416 e. The molecule has 2 aromatic rings. The predicted octanol–water partition coefficient (Wildman–Crippen LogP) is 7.95. The van der Waals surface area contributed by atoms with Crippen LogP contribution in [0, 0.1) is 6.92 Å². The van der Waals surface area contributed by atoms with Crippen LogP contribution in [0.25, 0.3) is 11.6 Å². The Kier molecular flexibility index (Phi) is 9.19. The Hall–Kier alpha value is -3.02. The zero-order valence-electron chi connectivity index (χ0n) is 20.5. The van der Waals surface area contributed by atoms with Crippen molar-refractivity contribution in [1.82, 2.24) is 0 Å². The summed E-state index contributed by atoms with van der Waals surface area (Å²) in [6, 6.07) is 9.94. The van der Waals surface area contributed by atoms with Crippen LogP contribution in [0.2, 0.25) is 0 Å². The average Bonchev–Trinajstić information content (AvgIpc) is 3.02. The molecule has 0 radical (unpaired) electrons. The Morgan fingerprint density at radius 3 is 2.46 bits per heavy atom. The first-order valence-corrected chi connectivity index (χ1v) is 12.1. The number of halogens is 3. The summed E-state index contributed by atoms with van der Waals surface area (Å²) < 4.78 is 50.7. The maximum absolute atomic E-state index is 13.2. The second kappa shape index (κ2) is 12.1. The van der Waals surface area contributed by atoms with Crippen LogP contribution in [-0.2, 0) is 22.1 Å². The topological polar surface area (TPSA) is 35.5 Å². The molecule has 0 fully saturated rings. The number of allylic oxidation sites excluding steroid dienone is 1. The van der Waals surface area contributed by atoms with Crippen molar-refractivity contribution in [3.8, 4) is 5.75 Å². The van der Waals surface area contributed by atoms with Gasteiger partial charge in [0.05, 0.1) is 18.8 Å². The molecule has 0 bridgehead atoms. The fourth-order valence-corrected chi connectivity index (χ4v) is 4.15. The van der Waals surface area contributed by atoms with E-state index in [1.54, 1.807) is 13.0 Å². The van der Waals surface area contributed by atoms with Crippen LogP contribution < -0.4 is 4.74 Å². The van der Waals surface area contributed by atoms with Crippen LogP contribution in [0.1, 0.15) is 73.3 Å². The molecule has 3 rings (SSSR count). The highest BCUT2D eigenvalue weighted by atomic mass is 19.4. The Bertz CT molecular complexity index is 1080. The summed E-state index contributed by atoms with van der Waals surface area (Å²) in [5.74, 6) is 0.467. The lowest BCUT2D eigenvalue weighted by Gasteiger charge is -2.14. The minimum Gasteiger partial charge on any atom is -0.494 e. The molecule has 0 aromatic heterocycles. The van der Waals surface area contributed by atoms with Gasteiger partial charge in [-0.2, -0.15) is 13.2 Å². The Labute approximate surface area is 205 Å². The summed E-state index contributed by atoms with van der Waals surface area (Å²) in [6.45, 7) is 8.06. The molecule has 6 heteroatoms. The molecule has 2 aromatic carbocycles. The van der Waals surface area contributed by atoms with Crippen molar-refractivity contribution in [2.45, 2.75) is 65.0 Å². The van der Waals surface area contributed by atoms with Gasteiger partial charge in [0.2, 0.25) is 0 Å². The van der Waals surface area contributed by atoms with Crippen molar-refractivity contribution in [3.63, 3.8) is 0 Å². The molecule has 0 unspecified atom stereocenters. The number of hydrogen-bond donors (Lipinski definition) is 0. The molecule has 1 aliphatic carbocycles. The molecule has 0 amide bonds. The number of unbranched alkanes of at least 4 members (excludes halogenated alkanes) is 3. The average molecular weight is 487 g/mol. The van der Waals surface area contributed by atoms with Crippen molar-refractivity contribution in [2.75, 3.05) is 13.2 Å². The molecular weight excluding hydrogens is 453 g/mol. The number of benzene rings is 2. The van der Waals surface area contributed by atoms with E-state index in [1.165, 1.54) is 6.07 Å². The molecule has 0 atom stereocenters. The highest BCUT2D eigenvalue weighted by Gasteiger charge is 2.31. The van der Waals surface area contributed by atoms with E-state index in [9.17, 15) is 18.0 Å². The first-order chi connectivity index (χ1) is 16.6. The molecule has 0 saturated heterocycles. The number of ether oxygens (including phenoxy) is 2. The molecule has 0 heterocycles. The van der Waals surface area contributed by atoms with Gasteiger partial charge >= 0.3 is 12.1 Å². The number of esters is 1. The van der Waals surface area contributed by atoms with Gasteiger partial charge in [-0.1, -0.05) is 24.8 Å². The zero-order chi connectivity index (χ0) is 25.4. The van der Waals surface area contributed by atoms with Crippen LogP contribution >= 0.6 is 0 Å². The normalized spacial score (nSPS) is 13.5. The van der Waals surface area contributed by atoms with Crippen LogP contribution in [0.4, 0.5) is 13.2 Å². The number of carbonyl (C=O) groups excluding carboxylic acids is 1. The predicted molar refractivity (Wildman–Crippen MR) is 133 cm³/mol. The third kappa shape index (κ3) is 7.74. The van der Waals surface area contributed by atoms with Gasteiger partial charge < -0.3 is 9.47 Å². The lowest BCUT2D eigenvalue weighted by atomic mass is 9.94. The van der Waals surface area contributed by atoms with Crippen molar-refractivity contribution in [1.29, 1.82) is 0 Å². The first-order valence-electron chi connectivity index (χ1n) is 12.1. The third-order valence-corrected chi connectivity index (χ3v) is 6.14. The Morgan fingerprint density at radius 1 is 1.00 bits per heavy atom. The highest BCUT2D eigenvalue weighted by Crippen LogP contribution is 2.36. The summed E-state index contributed by atoms with van der Waals surface area (Å²) >= 11 is 0. The van der Waals surface area contributed by atoms with Crippen molar-refractivity contribution in [2.24, 2.45) is 0 Å². The quantitative estimate of drug-likeness (QED) is 0.194. The summed E-state index contributed by atoms with van der Waals surface area (Å²) in [7, 11) is 0. The second-order valence-electron chi connectivity index (χ2n) is 9.09. The second-order valence-corrected chi connectivity index (χ2v) is 9.09. The summed E-state index contributed by atoms with van der Waals surface area (Å²) in [6.07, 6.45) is 3.79. The molecule has 0 aliphatic heterocycles. The molecule has 1 aliphatic rings.